The highest BCUT2D eigenvalue weighted by Gasteiger charge is 1.96. The smallest absolute Gasteiger partial charge is 0.123 e. The largest absolute Gasteiger partial charge is 0.270 e. The van der Waals surface area contributed by atoms with Gasteiger partial charge in [0.2, 0.25) is 0 Å². The molecular formula is C11H16N2. The molecule has 0 aliphatic carbocycles. The lowest BCUT2D eigenvalue weighted by atomic mass is 10.2. The highest BCUT2D eigenvalue weighted by Crippen LogP contribution is 2.02. The molecule has 13 heavy (non-hydrogen) atoms. The molecule has 0 bridgehead atoms. The molecule has 0 aromatic rings. The zero-order valence-electron chi connectivity index (χ0n) is 8.16. The van der Waals surface area contributed by atoms with E-state index in [1.807, 2.05) is 19.2 Å². The van der Waals surface area contributed by atoms with Crippen LogP contribution in [-0.4, -0.2) is 18.6 Å². The van der Waals surface area contributed by atoms with Crippen LogP contribution in [0, 0.1) is 0 Å². The van der Waals surface area contributed by atoms with Crippen LogP contribution < -0.4 is 0 Å². The zero-order chi connectivity index (χ0) is 9.52. The lowest BCUT2D eigenvalue weighted by Crippen LogP contribution is -1.95. The fraction of sp³-hybridized carbons (Fsp3) is 0.455. The van der Waals surface area contributed by atoms with Crippen molar-refractivity contribution in [1.29, 1.82) is 0 Å². The van der Waals surface area contributed by atoms with Crippen molar-refractivity contribution in [1.82, 2.24) is 0 Å². The molecule has 70 valence electrons. The lowest BCUT2D eigenvalue weighted by Gasteiger charge is -1.97. The van der Waals surface area contributed by atoms with Gasteiger partial charge in [-0.25, -0.2) is 4.99 Å². The maximum atomic E-state index is 4.40. The van der Waals surface area contributed by atoms with E-state index in [0.717, 1.165) is 31.6 Å². The Bertz CT molecular complexity index is 259. The standard InChI is InChI=1S/C11H16N2/c1-10(2)7-9-13-11-6-4-3-5-8-12-11/h3,5,8H,1,4,6-7,9H2,2H3. The van der Waals surface area contributed by atoms with Crippen LogP contribution in [0.1, 0.15) is 26.2 Å². The summed E-state index contributed by atoms with van der Waals surface area (Å²) < 4.78 is 0. The second kappa shape index (κ2) is 5.46. The molecule has 0 saturated heterocycles. The molecule has 0 fully saturated rings. The fourth-order valence-corrected chi connectivity index (χ4v) is 1.06. The van der Waals surface area contributed by atoms with E-state index in [9.17, 15) is 0 Å². The van der Waals surface area contributed by atoms with Crippen LogP contribution in [0.5, 0.6) is 0 Å². The van der Waals surface area contributed by atoms with Gasteiger partial charge in [0.1, 0.15) is 5.84 Å². The maximum Gasteiger partial charge on any atom is 0.123 e. The summed E-state index contributed by atoms with van der Waals surface area (Å²) in [5, 5.41) is 0. The molecule has 0 aromatic carbocycles. The van der Waals surface area contributed by atoms with E-state index >= 15 is 0 Å². The molecule has 0 aromatic heterocycles. The number of amidine groups is 1. The normalized spacial score (nSPS) is 19.0. The number of rotatable bonds is 3. The molecule has 1 rings (SSSR count). The third-order valence-corrected chi connectivity index (χ3v) is 1.81. The van der Waals surface area contributed by atoms with Crippen molar-refractivity contribution in [2.24, 2.45) is 9.98 Å². The van der Waals surface area contributed by atoms with E-state index in [2.05, 4.69) is 22.6 Å². The average Bonchev–Trinajstić information content (AvgIpc) is 2.32. The fourth-order valence-electron chi connectivity index (χ4n) is 1.06. The Balaban J connectivity index is 2.37. The van der Waals surface area contributed by atoms with Gasteiger partial charge in [-0.05, 0) is 25.8 Å². The van der Waals surface area contributed by atoms with Gasteiger partial charge >= 0.3 is 0 Å². The molecule has 0 unspecified atom stereocenters. The van der Waals surface area contributed by atoms with Crippen molar-refractivity contribution in [2.75, 3.05) is 6.54 Å². The number of hydrogen-bond donors (Lipinski definition) is 0. The van der Waals surface area contributed by atoms with Crippen LogP contribution in [0.25, 0.3) is 0 Å². The van der Waals surface area contributed by atoms with Gasteiger partial charge < -0.3 is 0 Å². The van der Waals surface area contributed by atoms with Crippen LogP contribution in [0.15, 0.2) is 34.3 Å². The molecule has 0 saturated carbocycles. The van der Waals surface area contributed by atoms with Gasteiger partial charge in [0.25, 0.3) is 0 Å². The third-order valence-electron chi connectivity index (χ3n) is 1.81. The van der Waals surface area contributed by atoms with Crippen LogP contribution in [0.4, 0.5) is 0 Å². The summed E-state index contributed by atoms with van der Waals surface area (Å²) in [7, 11) is 0. The van der Waals surface area contributed by atoms with Crippen LogP contribution in [0.2, 0.25) is 0 Å². The molecule has 1 aliphatic rings. The Labute approximate surface area is 79.8 Å². The van der Waals surface area contributed by atoms with Crippen molar-refractivity contribution in [3.05, 3.63) is 24.3 Å². The van der Waals surface area contributed by atoms with Gasteiger partial charge in [-0.2, -0.15) is 0 Å². The Morgan fingerprint density at radius 3 is 3.31 bits per heavy atom. The molecule has 1 aliphatic heterocycles. The minimum Gasteiger partial charge on any atom is -0.270 e. The predicted molar refractivity (Wildman–Crippen MR) is 58.6 cm³/mol. The summed E-state index contributed by atoms with van der Waals surface area (Å²) in [4.78, 5) is 8.63. The molecule has 0 radical (unpaired) electrons. The zero-order valence-corrected chi connectivity index (χ0v) is 8.16. The molecule has 2 nitrogen and oxygen atoms in total. The summed E-state index contributed by atoms with van der Waals surface area (Å²) in [6.07, 6.45) is 8.88. The number of hydrogen-bond acceptors (Lipinski definition) is 1. The first kappa shape index (κ1) is 9.90. The monoisotopic (exact) mass is 176 g/mol. The van der Waals surface area contributed by atoms with Gasteiger partial charge in [-0.3, -0.25) is 4.99 Å². The molecule has 2 heteroatoms. The van der Waals surface area contributed by atoms with Gasteiger partial charge in [-0.15, -0.1) is 6.58 Å². The maximum absolute atomic E-state index is 4.40. The Hall–Kier alpha value is -1.18. The number of aliphatic imine (C=N–C) groups is 2. The number of nitrogens with zero attached hydrogens (tertiary/aromatic N) is 2. The van der Waals surface area contributed by atoms with E-state index in [4.69, 9.17) is 0 Å². The lowest BCUT2D eigenvalue weighted by molar-refractivity contribution is 0.937. The number of allylic oxidation sites excluding steroid dienone is 2. The minimum absolute atomic E-state index is 0.821. The summed E-state index contributed by atoms with van der Waals surface area (Å²) in [5.41, 5.74) is 1.18. The van der Waals surface area contributed by atoms with Crippen molar-refractivity contribution in [3.8, 4) is 0 Å². The van der Waals surface area contributed by atoms with Crippen LogP contribution in [-0.2, 0) is 0 Å². The molecular weight excluding hydrogens is 160 g/mol. The predicted octanol–water partition coefficient (Wildman–Crippen LogP) is 2.77. The second-order valence-electron chi connectivity index (χ2n) is 3.25. The van der Waals surface area contributed by atoms with Gasteiger partial charge in [0.05, 0.1) is 0 Å². The Kier molecular flexibility index (Phi) is 4.16. The van der Waals surface area contributed by atoms with E-state index in [1.165, 1.54) is 5.57 Å². The van der Waals surface area contributed by atoms with E-state index in [1.54, 1.807) is 0 Å². The average molecular weight is 176 g/mol. The van der Waals surface area contributed by atoms with E-state index in [0.29, 0.717) is 0 Å². The first-order valence-corrected chi connectivity index (χ1v) is 4.66. The molecule has 1 heterocycles. The van der Waals surface area contributed by atoms with Gasteiger partial charge in [0, 0.05) is 19.2 Å². The topological polar surface area (TPSA) is 24.7 Å². The summed E-state index contributed by atoms with van der Waals surface area (Å²) >= 11 is 0. The van der Waals surface area contributed by atoms with Gasteiger partial charge in [-0.1, -0.05) is 11.6 Å². The Morgan fingerprint density at radius 2 is 2.54 bits per heavy atom. The van der Waals surface area contributed by atoms with Crippen LogP contribution >= 0.6 is 0 Å². The van der Waals surface area contributed by atoms with Crippen molar-refractivity contribution in [3.63, 3.8) is 0 Å². The SMILES string of the molecule is C=C(C)CCN=C1CCC=CC=N1. The molecule has 0 spiro atoms. The van der Waals surface area contributed by atoms with Crippen molar-refractivity contribution >= 4 is 12.1 Å². The summed E-state index contributed by atoms with van der Waals surface area (Å²) in [6.45, 7) is 6.68. The second-order valence-corrected chi connectivity index (χ2v) is 3.25. The molecule has 0 amide bonds. The first-order chi connectivity index (χ1) is 6.29. The van der Waals surface area contributed by atoms with Crippen molar-refractivity contribution < 1.29 is 0 Å². The summed E-state index contributed by atoms with van der Waals surface area (Å²) in [5.74, 6) is 0.964. The molecule has 0 N–H and O–H groups in total. The first-order valence-electron chi connectivity index (χ1n) is 4.66. The highest BCUT2D eigenvalue weighted by atomic mass is 14.9. The minimum atomic E-state index is 0.821. The van der Waals surface area contributed by atoms with Crippen molar-refractivity contribution in [2.45, 2.75) is 26.2 Å². The van der Waals surface area contributed by atoms with Gasteiger partial charge in [0.15, 0.2) is 0 Å². The van der Waals surface area contributed by atoms with Crippen LogP contribution in [0.3, 0.4) is 0 Å². The third kappa shape index (κ3) is 4.41. The highest BCUT2D eigenvalue weighted by molar-refractivity contribution is 5.93. The molecule has 0 atom stereocenters. The van der Waals surface area contributed by atoms with E-state index < -0.39 is 0 Å². The summed E-state index contributed by atoms with van der Waals surface area (Å²) in [6, 6.07) is 0. The van der Waals surface area contributed by atoms with E-state index in [-0.39, 0.29) is 0 Å². The Morgan fingerprint density at radius 1 is 1.69 bits per heavy atom. The quantitative estimate of drug-likeness (QED) is 0.591.